The van der Waals surface area contributed by atoms with Crippen molar-refractivity contribution in [3.05, 3.63) is 29.8 Å². The van der Waals surface area contributed by atoms with Crippen molar-refractivity contribution in [2.75, 3.05) is 49.5 Å². The van der Waals surface area contributed by atoms with Crippen LogP contribution in [0.3, 0.4) is 0 Å². The van der Waals surface area contributed by atoms with Crippen molar-refractivity contribution in [3.63, 3.8) is 0 Å². The number of aryl methyl sites for hydroxylation is 1. The third-order valence-corrected chi connectivity index (χ3v) is 5.27. The fraction of sp³-hybridized carbons (Fsp3) is 0.529. The van der Waals surface area contributed by atoms with E-state index in [-0.39, 0.29) is 17.7 Å². The van der Waals surface area contributed by atoms with E-state index in [1.165, 1.54) is 5.56 Å². The molecule has 1 aromatic carbocycles. The number of hydrogen-bond donors (Lipinski definition) is 1. The van der Waals surface area contributed by atoms with E-state index in [2.05, 4.69) is 5.32 Å². The molecule has 1 aromatic rings. The first kappa shape index (κ1) is 16.3. The van der Waals surface area contributed by atoms with Crippen molar-refractivity contribution in [3.8, 4) is 0 Å². The molecule has 0 saturated carbocycles. The lowest BCUT2D eigenvalue weighted by atomic mass is 9.98. The number of amides is 2. The second kappa shape index (κ2) is 7.36. The Morgan fingerprint density at radius 1 is 1.17 bits per heavy atom. The van der Waals surface area contributed by atoms with E-state index in [1.807, 2.05) is 52.8 Å². The zero-order valence-electron chi connectivity index (χ0n) is 13.5. The van der Waals surface area contributed by atoms with Gasteiger partial charge in [0.15, 0.2) is 0 Å². The number of benzene rings is 1. The molecule has 6 heteroatoms. The quantitative estimate of drug-likeness (QED) is 0.906. The fourth-order valence-corrected chi connectivity index (χ4v) is 3.84. The van der Waals surface area contributed by atoms with Gasteiger partial charge in [0.25, 0.3) is 0 Å². The molecule has 0 aromatic heterocycles. The Hall–Kier alpha value is -1.53. The summed E-state index contributed by atoms with van der Waals surface area (Å²) in [5.41, 5.74) is 1.99. The average molecular weight is 333 g/mol. The largest absolute Gasteiger partial charge is 0.341 e. The van der Waals surface area contributed by atoms with Crippen LogP contribution in [0.15, 0.2) is 24.3 Å². The number of hydrogen-bond acceptors (Lipinski definition) is 4. The Bertz CT molecular complexity index is 564. The SMILES string of the molecule is Cc1ccc(NC(=O)CN2CC(C(=O)N3CCSCC3)C2)cc1. The molecule has 3 rings (SSSR count). The number of carbonyl (C=O) groups excluding carboxylic acids is 2. The molecule has 2 saturated heterocycles. The van der Waals surface area contributed by atoms with Gasteiger partial charge in [-0.3, -0.25) is 14.5 Å². The van der Waals surface area contributed by atoms with Crippen molar-refractivity contribution in [2.45, 2.75) is 6.92 Å². The Morgan fingerprint density at radius 3 is 2.48 bits per heavy atom. The van der Waals surface area contributed by atoms with Crippen LogP contribution in [-0.2, 0) is 9.59 Å². The van der Waals surface area contributed by atoms with Crippen molar-refractivity contribution in [1.82, 2.24) is 9.80 Å². The molecule has 0 unspecified atom stereocenters. The van der Waals surface area contributed by atoms with Gasteiger partial charge in [-0.2, -0.15) is 11.8 Å². The van der Waals surface area contributed by atoms with Crippen LogP contribution in [0.25, 0.3) is 0 Å². The fourth-order valence-electron chi connectivity index (χ4n) is 2.94. The molecule has 2 heterocycles. The van der Waals surface area contributed by atoms with Crippen LogP contribution in [0.4, 0.5) is 5.69 Å². The summed E-state index contributed by atoms with van der Waals surface area (Å²) in [5.74, 6) is 2.40. The number of rotatable bonds is 4. The van der Waals surface area contributed by atoms with Gasteiger partial charge in [-0.25, -0.2) is 0 Å². The van der Waals surface area contributed by atoms with Gasteiger partial charge in [0.05, 0.1) is 12.5 Å². The van der Waals surface area contributed by atoms with E-state index in [4.69, 9.17) is 0 Å². The monoisotopic (exact) mass is 333 g/mol. The topological polar surface area (TPSA) is 52.7 Å². The zero-order valence-corrected chi connectivity index (χ0v) is 14.3. The van der Waals surface area contributed by atoms with Crippen molar-refractivity contribution >= 4 is 29.3 Å². The number of nitrogens with one attached hydrogen (secondary N) is 1. The van der Waals surface area contributed by atoms with E-state index in [0.717, 1.165) is 30.3 Å². The third-order valence-electron chi connectivity index (χ3n) is 4.33. The number of likely N-dealkylation sites (tertiary alicyclic amines) is 1. The van der Waals surface area contributed by atoms with Gasteiger partial charge >= 0.3 is 0 Å². The predicted molar refractivity (Wildman–Crippen MR) is 93.6 cm³/mol. The molecule has 124 valence electrons. The van der Waals surface area contributed by atoms with E-state index in [1.54, 1.807) is 0 Å². The highest BCUT2D eigenvalue weighted by Crippen LogP contribution is 2.20. The van der Waals surface area contributed by atoms with Crippen molar-refractivity contribution < 1.29 is 9.59 Å². The highest BCUT2D eigenvalue weighted by Gasteiger charge is 2.36. The molecule has 2 fully saturated rings. The van der Waals surface area contributed by atoms with E-state index in [9.17, 15) is 9.59 Å². The summed E-state index contributed by atoms with van der Waals surface area (Å²) in [4.78, 5) is 28.4. The van der Waals surface area contributed by atoms with Gasteiger partial charge in [-0.15, -0.1) is 0 Å². The van der Waals surface area contributed by atoms with Crippen LogP contribution < -0.4 is 5.32 Å². The van der Waals surface area contributed by atoms with E-state index in [0.29, 0.717) is 19.6 Å². The minimum atomic E-state index is -0.0193. The van der Waals surface area contributed by atoms with Gasteiger partial charge < -0.3 is 10.2 Å². The van der Waals surface area contributed by atoms with Gasteiger partial charge in [0, 0.05) is 43.4 Å². The molecule has 2 aliphatic rings. The van der Waals surface area contributed by atoms with Gasteiger partial charge in [0.2, 0.25) is 11.8 Å². The summed E-state index contributed by atoms with van der Waals surface area (Å²) in [7, 11) is 0. The summed E-state index contributed by atoms with van der Waals surface area (Å²) in [6.07, 6.45) is 0. The molecule has 0 radical (unpaired) electrons. The lowest BCUT2D eigenvalue weighted by Gasteiger charge is -2.40. The summed E-state index contributed by atoms with van der Waals surface area (Å²) in [6, 6.07) is 7.77. The summed E-state index contributed by atoms with van der Waals surface area (Å²) < 4.78 is 0. The first-order valence-electron chi connectivity index (χ1n) is 8.07. The molecule has 0 atom stereocenters. The lowest BCUT2D eigenvalue weighted by molar-refractivity contribution is -0.141. The first-order chi connectivity index (χ1) is 11.1. The van der Waals surface area contributed by atoms with Crippen LogP contribution in [-0.4, -0.2) is 65.8 Å². The molecule has 2 amide bonds. The Balaban J connectivity index is 1.40. The molecular formula is C17H23N3O2S. The maximum absolute atomic E-state index is 12.3. The van der Waals surface area contributed by atoms with Crippen LogP contribution in [0.2, 0.25) is 0 Å². The molecule has 2 aliphatic heterocycles. The Kier molecular flexibility index (Phi) is 5.23. The number of anilines is 1. The third kappa shape index (κ3) is 4.26. The molecular weight excluding hydrogens is 310 g/mol. The second-order valence-electron chi connectivity index (χ2n) is 6.24. The second-order valence-corrected chi connectivity index (χ2v) is 7.47. The summed E-state index contributed by atoms with van der Waals surface area (Å²) in [5, 5.41) is 2.90. The van der Waals surface area contributed by atoms with Gasteiger partial charge in [-0.1, -0.05) is 17.7 Å². The average Bonchev–Trinajstić information content (AvgIpc) is 2.53. The molecule has 1 N–H and O–H groups in total. The van der Waals surface area contributed by atoms with Crippen molar-refractivity contribution in [2.24, 2.45) is 5.92 Å². The summed E-state index contributed by atoms with van der Waals surface area (Å²) >= 11 is 1.91. The number of carbonyl (C=O) groups is 2. The van der Waals surface area contributed by atoms with Crippen LogP contribution in [0, 0.1) is 12.8 Å². The van der Waals surface area contributed by atoms with E-state index >= 15 is 0 Å². The van der Waals surface area contributed by atoms with Crippen LogP contribution in [0.5, 0.6) is 0 Å². The smallest absolute Gasteiger partial charge is 0.238 e. The Labute approximate surface area is 141 Å². The number of thioether (sulfide) groups is 1. The van der Waals surface area contributed by atoms with Crippen LogP contribution >= 0.6 is 11.8 Å². The van der Waals surface area contributed by atoms with Crippen LogP contribution in [0.1, 0.15) is 5.56 Å². The normalized spacial score (nSPS) is 19.3. The standard InChI is InChI=1S/C17H23N3O2S/c1-13-2-4-15(5-3-13)18-16(21)12-19-10-14(11-19)17(22)20-6-8-23-9-7-20/h2-5,14H,6-12H2,1H3,(H,18,21). The predicted octanol–water partition coefficient (Wildman–Crippen LogP) is 1.44. The highest BCUT2D eigenvalue weighted by atomic mass is 32.2. The van der Waals surface area contributed by atoms with Gasteiger partial charge in [0.1, 0.15) is 0 Å². The first-order valence-corrected chi connectivity index (χ1v) is 9.23. The molecule has 23 heavy (non-hydrogen) atoms. The molecule has 0 spiro atoms. The van der Waals surface area contributed by atoms with Crippen molar-refractivity contribution in [1.29, 1.82) is 0 Å². The molecule has 0 aliphatic carbocycles. The lowest BCUT2D eigenvalue weighted by Crippen LogP contribution is -2.57. The molecule has 5 nitrogen and oxygen atoms in total. The zero-order chi connectivity index (χ0) is 16.2. The minimum Gasteiger partial charge on any atom is -0.341 e. The van der Waals surface area contributed by atoms with Gasteiger partial charge in [-0.05, 0) is 19.1 Å². The maximum atomic E-state index is 12.3. The molecule has 0 bridgehead atoms. The Morgan fingerprint density at radius 2 is 1.83 bits per heavy atom. The maximum Gasteiger partial charge on any atom is 0.238 e. The van der Waals surface area contributed by atoms with E-state index < -0.39 is 0 Å². The minimum absolute atomic E-state index is 0.0193. The number of nitrogens with zero attached hydrogens (tertiary/aromatic N) is 2. The highest BCUT2D eigenvalue weighted by molar-refractivity contribution is 7.99. The summed E-state index contributed by atoms with van der Waals surface area (Å²) in [6.45, 7) is 5.51.